The summed E-state index contributed by atoms with van der Waals surface area (Å²) in [4.78, 5) is 10.9. The average Bonchev–Trinajstić information content (AvgIpc) is 2.38. The molecule has 1 aliphatic rings. The fourth-order valence-electron chi connectivity index (χ4n) is 1.74. The molecule has 1 rings (SSSR count). The van der Waals surface area contributed by atoms with Crippen molar-refractivity contribution in [2.24, 2.45) is 0 Å². The van der Waals surface area contributed by atoms with Gasteiger partial charge in [-0.3, -0.25) is 4.79 Å². The molecule has 0 bridgehead atoms. The standard InChI is InChI=1S/C8H15NO2.ClH/c1-2-4-8(7(10)11)5-3-6-9-8;/h9H,2-6H2,1H3,(H,10,11);1H/t8-;/m0./s1. The Balaban J connectivity index is 0.00000121. The lowest BCUT2D eigenvalue weighted by molar-refractivity contribution is -0.144. The van der Waals surface area contributed by atoms with E-state index in [1.165, 1.54) is 0 Å². The van der Waals surface area contributed by atoms with E-state index in [4.69, 9.17) is 5.11 Å². The second-order valence-corrected chi connectivity index (χ2v) is 3.17. The number of aliphatic carboxylic acids is 1. The summed E-state index contributed by atoms with van der Waals surface area (Å²) in [6.45, 7) is 2.87. The van der Waals surface area contributed by atoms with Crippen LogP contribution in [0.3, 0.4) is 0 Å². The third-order valence-corrected chi connectivity index (χ3v) is 2.33. The molecule has 1 aliphatic heterocycles. The maximum Gasteiger partial charge on any atom is 0.323 e. The topological polar surface area (TPSA) is 49.3 Å². The Morgan fingerprint density at radius 3 is 2.67 bits per heavy atom. The van der Waals surface area contributed by atoms with Crippen LogP contribution in [0.2, 0.25) is 0 Å². The van der Waals surface area contributed by atoms with Crippen molar-refractivity contribution in [1.82, 2.24) is 5.32 Å². The first-order valence-electron chi connectivity index (χ1n) is 4.20. The van der Waals surface area contributed by atoms with Crippen LogP contribution in [0, 0.1) is 0 Å². The van der Waals surface area contributed by atoms with Gasteiger partial charge in [0, 0.05) is 0 Å². The molecular weight excluding hydrogens is 178 g/mol. The largest absolute Gasteiger partial charge is 0.480 e. The number of rotatable bonds is 3. The van der Waals surface area contributed by atoms with E-state index in [0.717, 1.165) is 32.2 Å². The maximum absolute atomic E-state index is 10.9. The fourth-order valence-corrected chi connectivity index (χ4v) is 1.74. The molecule has 1 heterocycles. The van der Waals surface area contributed by atoms with Gasteiger partial charge in [-0.05, 0) is 25.8 Å². The summed E-state index contributed by atoms with van der Waals surface area (Å²) >= 11 is 0. The molecule has 1 saturated heterocycles. The number of carbonyl (C=O) groups is 1. The molecule has 0 amide bonds. The van der Waals surface area contributed by atoms with Gasteiger partial charge < -0.3 is 10.4 Å². The summed E-state index contributed by atoms with van der Waals surface area (Å²) < 4.78 is 0. The Morgan fingerprint density at radius 2 is 2.33 bits per heavy atom. The summed E-state index contributed by atoms with van der Waals surface area (Å²) in [7, 11) is 0. The van der Waals surface area contributed by atoms with Gasteiger partial charge in [0.1, 0.15) is 5.54 Å². The number of hydrogen-bond donors (Lipinski definition) is 2. The van der Waals surface area contributed by atoms with Crippen LogP contribution < -0.4 is 5.32 Å². The van der Waals surface area contributed by atoms with Crippen molar-refractivity contribution in [1.29, 1.82) is 0 Å². The lowest BCUT2D eigenvalue weighted by Crippen LogP contribution is -2.47. The Kier molecular flexibility index (Phi) is 4.57. The Morgan fingerprint density at radius 1 is 1.67 bits per heavy atom. The third-order valence-electron chi connectivity index (χ3n) is 2.33. The molecule has 3 nitrogen and oxygen atoms in total. The molecule has 0 unspecified atom stereocenters. The molecule has 0 aromatic rings. The SMILES string of the molecule is CCC[C@@]1(C(=O)O)CCCN1.Cl. The Bertz CT molecular complexity index is 155. The van der Waals surface area contributed by atoms with Crippen LogP contribution in [0.1, 0.15) is 32.6 Å². The zero-order valence-corrected chi connectivity index (χ0v) is 8.12. The first kappa shape index (κ1) is 11.7. The highest BCUT2D eigenvalue weighted by Crippen LogP contribution is 2.24. The Hall–Kier alpha value is -0.280. The highest BCUT2D eigenvalue weighted by atomic mass is 35.5. The van der Waals surface area contributed by atoms with Gasteiger partial charge in [0.05, 0.1) is 0 Å². The molecule has 0 saturated carbocycles. The molecule has 72 valence electrons. The zero-order valence-electron chi connectivity index (χ0n) is 7.30. The number of halogens is 1. The maximum atomic E-state index is 10.9. The van der Waals surface area contributed by atoms with Crippen molar-refractivity contribution in [3.8, 4) is 0 Å². The minimum absolute atomic E-state index is 0. The molecule has 0 radical (unpaired) electrons. The second-order valence-electron chi connectivity index (χ2n) is 3.17. The van der Waals surface area contributed by atoms with E-state index < -0.39 is 11.5 Å². The van der Waals surface area contributed by atoms with Crippen LogP contribution in [0.5, 0.6) is 0 Å². The van der Waals surface area contributed by atoms with Gasteiger partial charge in [0.15, 0.2) is 0 Å². The molecule has 2 N–H and O–H groups in total. The fraction of sp³-hybridized carbons (Fsp3) is 0.875. The summed E-state index contributed by atoms with van der Waals surface area (Å²) in [5, 5.41) is 12.0. The predicted octanol–water partition coefficient (Wildman–Crippen LogP) is 1.42. The van der Waals surface area contributed by atoms with Crippen molar-refractivity contribution in [2.75, 3.05) is 6.54 Å². The molecular formula is C8H16ClNO2. The van der Waals surface area contributed by atoms with Crippen LogP contribution in [0.15, 0.2) is 0 Å². The van der Waals surface area contributed by atoms with E-state index >= 15 is 0 Å². The van der Waals surface area contributed by atoms with Crippen LogP contribution in [-0.2, 0) is 4.79 Å². The molecule has 12 heavy (non-hydrogen) atoms. The van der Waals surface area contributed by atoms with E-state index in [-0.39, 0.29) is 12.4 Å². The first-order chi connectivity index (χ1) is 5.21. The summed E-state index contributed by atoms with van der Waals surface area (Å²) in [5.41, 5.74) is -0.589. The predicted molar refractivity (Wildman–Crippen MR) is 49.8 cm³/mol. The van der Waals surface area contributed by atoms with E-state index in [0.29, 0.717) is 0 Å². The van der Waals surface area contributed by atoms with Gasteiger partial charge in [-0.25, -0.2) is 0 Å². The highest BCUT2D eigenvalue weighted by Gasteiger charge is 2.39. The normalized spacial score (nSPS) is 28.1. The summed E-state index contributed by atoms with van der Waals surface area (Å²) in [6.07, 6.45) is 3.46. The molecule has 4 heteroatoms. The molecule has 1 atom stereocenters. The van der Waals surface area contributed by atoms with Crippen LogP contribution in [0.25, 0.3) is 0 Å². The van der Waals surface area contributed by atoms with Gasteiger partial charge in [-0.2, -0.15) is 0 Å². The van der Waals surface area contributed by atoms with Crippen molar-refractivity contribution < 1.29 is 9.90 Å². The van der Waals surface area contributed by atoms with Crippen LogP contribution >= 0.6 is 12.4 Å². The van der Waals surface area contributed by atoms with Crippen molar-refractivity contribution in [3.63, 3.8) is 0 Å². The lowest BCUT2D eigenvalue weighted by atomic mass is 9.92. The number of hydrogen-bond acceptors (Lipinski definition) is 2. The second kappa shape index (κ2) is 4.67. The first-order valence-corrected chi connectivity index (χ1v) is 4.20. The van der Waals surface area contributed by atoms with Crippen LogP contribution in [-0.4, -0.2) is 23.2 Å². The number of carboxylic acid groups (broad SMARTS) is 1. The molecule has 0 aliphatic carbocycles. The number of nitrogens with one attached hydrogen (secondary N) is 1. The minimum Gasteiger partial charge on any atom is -0.480 e. The van der Waals surface area contributed by atoms with Gasteiger partial charge in [-0.1, -0.05) is 13.3 Å². The molecule has 0 spiro atoms. The van der Waals surface area contributed by atoms with Gasteiger partial charge >= 0.3 is 5.97 Å². The van der Waals surface area contributed by atoms with E-state index in [2.05, 4.69) is 5.32 Å². The average molecular weight is 194 g/mol. The van der Waals surface area contributed by atoms with Crippen molar-refractivity contribution >= 4 is 18.4 Å². The van der Waals surface area contributed by atoms with E-state index in [1.807, 2.05) is 6.92 Å². The van der Waals surface area contributed by atoms with Crippen LogP contribution in [0.4, 0.5) is 0 Å². The quantitative estimate of drug-likeness (QED) is 0.713. The minimum atomic E-state index is -0.683. The summed E-state index contributed by atoms with van der Waals surface area (Å²) in [6, 6.07) is 0. The Labute approximate surface area is 78.9 Å². The lowest BCUT2D eigenvalue weighted by Gasteiger charge is -2.23. The van der Waals surface area contributed by atoms with E-state index in [1.54, 1.807) is 0 Å². The van der Waals surface area contributed by atoms with Gasteiger partial charge in [0.2, 0.25) is 0 Å². The smallest absolute Gasteiger partial charge is 0.323 e. The van der Waals surface area contributed by atoms with Crippen molar-refractivity contribution in [2.45, 2.75) is 38.1 Å². The third kappa shape index (κ3) is 2.11. The molecule has 0 aromatic carbocycles. The van der Waals surface area contributed by atoms with Crippen molar-refractivity contribution in [3.05, 3.63) is 0 Å². The zero-order chi connectivity index (χ0) is 8.32. The molecule has 0 aromatic heterocycles. The monoisotopic (exact) mass is 193 g/mol. The van der Waals surface area contributed by atoms with Gasteiger partial charge in [-0.15, -0.1) is 12.4 Å². The summed E-state index contributed by atoms with van der Waals surface area (Å²) in [5.74, 6) is -0.683. The van der Waals surface area contributed by atoms with Gasteiger partial charge in [0.25, 0.3) is 0 Å². The highest BCUT2D eigenvalue weighted by molar-refractivity contribution is 5.85. The molecule has 1 fully saturated rings. The van der Waals surface area contributed by atoms with E-state index in [9.17, 15) is 4.79 Å². The number of carboxylic acids is 1.